The maximum Gasteiger partial charge on any atom is 0.0919 e. The van der Waals surface area contributed by atoms with Gasteiger partial charge in [-0.3, -0.25) is 0 Å². The van der Waals surface area contributed by atoms with Crippen LogP contribution in [0.2, 0.25) is 0 Å². The first kappa shape index (κ1) is 10.8. The van der Waals surface area contributed by atoms with Gasteiger partial charge in [-0.25, -0.2) is 8.93 Å². The number of ether oxygens (including phenoxy) is 1. The third-order valence-corrected chi connectivity index (χ3v) is 3.58. The van der Waals surface area contributed by atoms with Crippen LogP contribution >= 0.6 is 0 Å². The van der Waals surface area contributed by atoms with E-state index in [0.717, 1.165) is 12.2 Å². The van der Waals surface area contributed by atoms with E-state index in [9.17, 15) is 4.21 Å². The summed E-state index contributed by atoms with van der Waals surface area (Å²) in [6, 6.07) is 10.3. The van der Waals surface area contributed by atoms with E-state index in [-0.39, 0.29) is 6.04 Å². The minimum Gasteiger partial charge on any atom is -0.375 e. The van der Waals surface area contributed by atoms with Gasteiger partial charge in [-0.2, -0.15) is 0 Å². The first-order valence-electron chi connectivity index (χ1n) is 5.11. The minimum atomic E-state index is -0.831. The SMILES string of the molecule is O=S1CCC(COCc2ccccc2)N1. The second-order valence-electron chi connectivity index (χ2n) is 3.65. The van der Waals surface area contributed by atoms with Gasteiger partial charge in [0.05, 0.1) is 24.2 Å². The van der Waals surface area contributed by atoms with Gasteiger partial charge in [-0.05, 0) is 12.0 Å². The van der Waals surface area contributed by atoms with Gasteiger partial charge in [0.2, 0.25) is 0 Å². The van der Waals surface area contributed by atoms with E-state index >= 15 is 0 Å². The second-order valence-corrected chi connectivity index (χ2v) is 4.99. The monoisotopic (exact) mass is 225 g/mol. The predicted octanol–water partition coefficient (Wildman–Crippen LogP) is 1.23. The van der Waals surface area contributed by atoms with E-state index in [4.69, 9.17) is 4.74 Å². The van der Waals surface area contributed by atoms with Crippen LogP contribution in [0, 0.1) is 0 Å². The average molecular weight is 225 g/mol. The molecule has 2 unspecified atom stereocenters. The summed E-state index contributed by atoms with van der Waals surface area (Å²) in [7, 11) is -0.831. The van der Waals surface area contributed by atoms with E-state index in [0.29, 0.717) is 13.2 Å². The van der Waals surface area contributed by atoms with E-state index in [1.54, 1.807) is 0 Å². The van der Waals surface area contributed by atoms with Crippen LogP contribution in [0.15, 0.2) is 30.3 Å². The smallest absolute Gasteiger partial charge is 0.0919 e. The molecular formula is C11H15NO2S. The van der Waals surface area contributed by atoms with Crippen LogP contribution in [-0.4, -0.2) is 22.6 Å². The lowest BCUT2D eigenvalue weighted by atomic mass is 10.2. The Morgan fingerprint density at radius 1 is 1.40 bits per heavy atom. The average Bonchev–Trinajstić information content (AvgIpc) is 2.66. The van der Waals surface area contributed by atoms with Crippen LogP contribution < -0.4 is 4.72 Å². The van der Waals surface area contributed by atoms with E-state index in [1.807, 2.05) is 30.3 Å². The molecule has 2 rings (SSSR count). The van der Waals surface area contributed by atoms with Gasteiger partial charge in [0.1, 0.15) is 0 Å². The van der Waals surface area contributed by atoms with Crippen LogP contribution in [0.4, 0.5) is 0 Å². The third kappa shape index (κ3) is 3.41. The molecule has 3 nitrogen and oxygen atoms in total. The predicted molar refractivity (Wildman–Crippen MR) is 60.6 cm³/mol. The van der Waals surface area contributed by atoms with Crippen LogP contribution in [0.5, 0.6) is 0 Å². The molecule has 4 heteroatoms. The van der Waals surface area contributed by atoms with Gasteiger partial charge in [-0.15, -0.1) is 0 Å². The van der Waals surface area contributed by atoms with E-state index in [2.05, 4.69) is 4.72 Å². The molecule has 82 valence electrons. The molecule has 1 aromatic rings. The first-order chi connectivity index (χ1) is 7.34. The van der Waals surface area contributed by atoms with Gasteiger partial charge in [0.15, 0.2) is 0 Å². The Hall–Kier alpha value is -0.710. The van der Waals surface area contributed by atoms with Crippen molar-refractivity contribution in [2.24, 2.45) is 0 Å². The highest BCUT2D eigenvalue weighted by Crippen LogP contribution is 2.06. The van der Waals surface area contributed by atoms with Crippen LogP contribution in [0.3, 0.4) is 0 Å². The Kier molecular flexibility index (Phi) is 3.88. The molecule has 0 bridgehead atoms. The van der Waals surface area contributed by atoms with Crippen molar-refractivity contribution in [3.05, 3.63) is 35.9 Å². The molecule has 0 radical (unpaired) electrons. The Morgan fingerprint density at radius 3 is 2.87 bits per heavy atom. The molecule has 1 saturated heterocycles. The number of nitrogens with one attached hydrogen (secondary N) is 1. The summed E-state index contributed by atoms with van der Waals surface area (Å²) in [4.78, 5) is 0. The molecule has 0 amide bonds. The number of hydrogen-bond donors (Lipinski definition) is 1. The van der Waals surface area contributed by atoms with Crippen molar-refractivity contribution < 1.29 is 8.95 Å². The van der Waals surface area contributed by atoms with Gasteiger partial charge in [0.25, 0.3) is 0 Å². The Balaban J connectivity index is 1.69. The largest absolute Gasteiger partial charge is 0.375 e. The Labute approximate surface area is 92.4 Å². The minimum absolute atomic E-state index is 0.259. The van der Waals surface area contributed by atoms with Gasteiger partial charge in [0, 0.05) is 11.8 Å². The number of hydrogen-bond acceptors (Lipinski definition) is 2. The van der Waals surface area contributed by atoms with Gasteiger partial charge in [-0.1, -0.05) is 30.3 Å². The summed E-state index contributed by atoms with van der Waals surface area (Å²) >= 11 is 0. The maximum atomic E-state index is 11.0. The van der Waals surface area contributed by atoms with Crippen molar-refractivity contribution >= 4 is 11.0 Å². The highest BCUT2D eigenvalue weighted by Gasteiger charge is 2.19. The molecule has 2 atom stereocenters. The summed E-state index contributed by atoms with van der Waals surface area (Å²) in [6.07, 6.45) is 0.946. The maximum absolute atomic E-state index is 11.0. The number of benzene rings is 1. The lowest BCUT2D eigenvalue weighted by Gasteiger charge is -2.09. The molecule has 1 heterocycles. The Morgan fingerprint density at radius 2 is 2.20 bits per heavy atom. The van der Waals surface area contributed by atoms with Crippen molar-refractivity contribution in [3.8, 4) is 0 Å². The molecule has 1 N–H and O–H groups in total. The van der Waals surface area contributed by atoms with Crippen molar-refractivity contribution in [1.29, 1.82) is 0 Å². The lowest BCUT2D eigenvalue weighted by molar-refractivity contribution is 0.105. The van der Waals surface area contributed by atoms with Crippen molar-refractivity contribution in [2.75, 3.05) is 12.4 Å². The van der Waals surface area contributed by atoms with Crippen molar-refractivity contribution in [1.82, 2.24) is 4.72 Å². The lowest BCUT2D eigenvalue weighted by Crippen LogP contribution is -2.27. The van der Waals surface area contributed by atoms with Crippen molar-refractivity contribution in [3.63, 3.8) is 0 Å². The highest BCUT2D eigenvalue weighted by atomic mass is 32.2. The second kappa shape index (κ2) is 5.39. The standard InChI is InChI=1S/C11H15NO2S/c13-15-7-6-11(12-15)9-14-8-10-4-2-1-3-5-10/h1-5,11-12H,6-9H2. The highest BCUT2D eigenvalue weighted by molar-refractivity contribution is 7.83. The Bertz CT molecular complexity index is 329. The molecule has 1 aliphatic heterocycles. The molecule has 1 aliphatic rings. The normalized spacial score (nSPS) is 25.6. The molecule has 0 saturated carbocycles. The quantitative estimate of drug-likeness (QED) is 0.837. The summed E-state index contributed by atoms with van der Waals surface area (Å²) in [5, 5.41) is 0. The fraction of sp³-hybridized carbons (Fsp3) is 0.455. The zero-order valence-corrected chi connectivity index (χ0v) is 9.33. The molecular weight excluding hydrogens is 210 g/mol. The molecule has 1 aromatic carbocycles. The number of rotatable bonds is 4. The van der Waals surface area contributed by atoms with Gasteiger partial charge >= 0.3 is 0 Å². The topological polar surface area (TPSA) is 38.3 Å². The summed E-state index contributed by atoms with van der Waals surface area (Å²) in [6.45, 7) is 1.27. The summed E-state index contributed by atoms with van der Waals surface area (Å²) < 4.78 is 19.6. The van der Waals surface area contributed by atoms with E-state index in [1.165, 1.54) is 5.56 Å². The van der Waals surface area contributed by atoms with Gasteiger partial charge < -0.3 is 4.74 Å². The van der Waals surface area contributed by atoms with Crippen LogP contribution in [0.25, 0.3) is 0 Å². The third-order valence-electron chi connectivity index (χ3n) is 2.38. The van der Waals surface area contributed by atoms with E-state index < -0.39 is 11.0 Å². The summed E-state index contributed by atoms with van der Waals surface area (Å²) in [5.74, 6) is 0.749. The molecule has 0 aromatic heterocycles. The molecule has 0 aliphatic carbocycles. The zero-order chi connectivity index (χ0) is 10.5. The molecule has 0 spiro atoms. The van der Waals surface area contributed by atoms with Crippen molar-refractivity contribution in [2.45, 2.75) is 19.1 Å². The summed E-state index contributed by atoms with van der Waals surface area (Å²) in [5.41, 5.74) is 1.18. The van der Waals surface area contributed by atoms with Crippen LogP contribution in [-0.2, 0) is 22.3 Å². The molecule has 15 heavy (non-hydrogen) atoms. The first-order valence-corrected chi connectivity index (χ1v) is 6.43. The fourth-order valence-corrected chi connectivity index (χ4v) is 2.74. The molecule has 1 fully saturated rings. The van der Waals surface area contributed by atoms with Crippen LogP contribution in [0.1, 0.15) is 12.0 Å². The fourth-order valence-electron chi connectivity index (χ4n) is 1.56. The zero-order valence-electron chi connectivity index (χ0n) is 8.52.